The van der Waals surface area contributed by atoms with E-state index < -0.39 is 0 Å². The zero-order valence-corrected chi connectivity index (χ0v) is 9.71. The SMILES string of the molecule is CNC(C(=O)C(C)C)C1CCN(C)C1. The van der Waals surface area contributed by atoms with Crippen LogP contribution in [0.4, 0.5) is 0 Å². The lowest BCUT2D eigenvalue weighted by Gasteiger charge is -2.23. The van der Waals surface area contributed by atoms with E-state index in [4.69, 9.17) is 0 Å². The number of nitrogens with one attached hydrogen (secondary N) is 1. The van der Waals surface area contributed by atoms with Gasteiger partial charge in [0.2, 0.25) is 0 Å². The molecule has 0 aromatic heterocycles. The van der Waals surface area contributed by atoms with Gasteiger partial charge in [-0.2, -0.15) is 0 Å². The summed E-state index contributed by atoms with van der Waals surface area (Å²) < 4.78 is 0. The molecule has 1 aliphatic rings. The van der Waals surface area contributed by atoms with Crippen LogP contribution in [0.1, 0.15) is 20.3 Å². The Bertz CT molecular complexity index is 203. The lowest BCUT2D eigenvalue weighted by molar-refractivity contribution is -0.125. The number of Topliss-reactive ketones (excluding diaryl/α,β-unsaturated/α-hetero) is 1. The first-order valence-corrected chi connectivity index (χ1v) is 5.45. The Labute approximate surface area is 86.9 Å². The van der Waals surface area contributed by atoms with Crippen LogP contribution in [0.25, 0.3) is 0 Å². The number of likely N-dealkylation sites (N-methyl/N-ethyl adjacent to an activating group) is 1. The molecule has 2 unspecified atom stereocenters. The number of nitrogens with zero attached hydrogens (tertiary/aromatic N) is 1. The summed E-state index contributed by atoms with van der Waals surface area (Å²) in [6.07, 6.45) is 1.14. The molecule has 3 heteroatoms. The van der Waals surface area contributed by atoms with Crippen LogP contribution in [0, 0.1) is 11.8 Å². The van der Waals surface area contributed by atoms with Crippen LogP contribution in [0.5, 0.6) is 0 Å². The topological polar surface area (TPSA) is 32.3 Å². The number of hydrogen-bond donors (Lipinski definition) is 1. The highest BCUT2D eigenvalue weighted by molar-refractivity contribution is 5.86. The zero-order chi connectivity index (χ0) is 10.7. The Kier molecular flexibility index (Phi) is 4.08. The van der Waals surface area contributed by atoms with Gasteiger partial charge in [-0.05, 0) is 33.0 Å². The molecule has 1 aliphatic heterocycles. The highest BCUT2D eigenvalue weighted by Gasteiger charge is 2.32. The number of likely N-dealkylation sites (tertiary alicyclic amines) is 1. The van der Waals surface area contributed by atoms with Gasteiger partial charge in [0.05, 0.1) is 6.04 Å². The molecule has 0 aliphatic carbocycles. The fourth-order valence-electron chi connectivity index (χ4n) is 2.21. The molecule has 0 radical (unpaired) electrons. The van der Waals surface area contributed by atoms with Crippen molar-refractivity contribution in [3.05, 3.63) is 0 Å². The van der Waals surface area contributed by atoms with Crippen LogP contribution in [0.15, 0.2) is 0 Å². The third-order valence-electron chi connectivity index (χ3n) is 3.09. The molecule has 0 amide bonds. The van der Waals surface area contributed by atoms with E-state index >= 15 is 0 Å². The molecule has 14 heavy (non-hydrogen) atoms. The maximum absolute atomic E-state index is 11.9. The van der Waals surface area contributed by atoms with Crippen molar-refractivity contribution in [2.24, 2.45) is 11.8 Å². The molecule has 1 heterocycles. The Morgan fingerprint density at radius 1 is 1.50 bits per heavy atom. The molecule has 1 N–H and O–H groups in total. The van der Waals surface area contributed by atoms with Gasteiger partial charge in [0.1, 0.15) is 0 Å². The van der Waals surface area contributed by atoms with Gasteiger partial charge in [0.25, 0.3) is 0 Å². The third kappa shape index (κ3) is 2.55. The number of carbonyl (C=O) groups is 1. The lowest BCUT2D eigenvalue weighted by Crippen LogP contribution is -2.43. The van der Waals surface area contributed by atoms with Gasteiger partial charge in [-0.3, -0.25) is 4.79 Å². The van der Waals surface area contributed by atoms with Crippen LogP contribution in [0.2, 0.25) is 0 Å². The van der Waals surface area contributed by atoms with Crippen molar-refractivity contribution < 1.29 is 4.79 Å². The number of ketones is 1. The molecule has 1 rings (SSSR count). The molecule has 0 bridgehead atoms. The average Bonchev–Trinajstić information content (AvgIpc) is 2.53. The molecule has 0 aromatic carbocycles. The Hall–Kier alpha value is -0.410. The summed E-state index contributed by atoms with van der Waals surface area (Å²) in [5.41, 5.74) is 0. The predicted octanol–water partition coefficient (Wildman–Crippen LogP) is 0.751. The minimum atomic E-state index is 0.0555. The summed E-state index contributed by atoms with van der Waals surface area (Å²) >= 11 is 0. The van der Waals surface area contributed by atoms with Crippen molar-refractivity contribution in [1.29, 1.82) is 0 Å². The van der Waals surface area contributed by atoms with Gasteiger partial charge in [-0.1, -0.05) is 13.8 Å². The van der Waals surface area contributed by atoms with Crippen LogP contribution in [0.3, 0.4) is 0 Å². The molecule has 1 fully saturated rings. The Morgan fingerprint density at radius 3 is 2.50 bits per heavy atom. The van der Waals surface area contributed by atoms with Gasteiger partial charge in [-0.25, -0.2) is 0 Å². The maximum atomic E-state index is 11.9. The van der Waals surface area contributed by atoms with E-state index in [1.54, 1.807) is 0 Å². The summed E-state index contributed by atoms with van der Waals surface area (Å²) in [4.78, 5) is 14.2. The van der Waals surface area contributed by atoms with E-state index in [9.17, 15) is 4.79 Å². The zero-order valence-electron chi connectivity index (χ0n) is 9.71. The minimum Gasteiger partial charge on any atom is -0.310 e. The van der Waals surface area contributed by atoms with Crippen molar-refractivity contribution in [3.8, 4) is 0 Å². The van der Waals surface area contributed by atoms with E-state index in [0.29, 0.717) is 11.7 Å². The van der Waals surface area contributed by atoms with Crippen LogP contribution in [-0.4, -0.2) is 43.9 Å². The minimum absolute atomic E-state index is 0.0555. The van der Waals surface area contributed by atoms with Crippen molar-refractivity contribution in [2.75, 3.05) is 27.2 Å². The number of carbonyl (C=O) groups excluding carboxylic acids is 1. The Balaban J connectivity index is 2.58. The molecule has 0 aromatic rings. The summed E-state index contributed by atoms with van der Waals surface area (Å²) in [5, 5.41) is 3.17. The number of hydrogen-bond acceptors (Lipinski definition) is 3. The molecule has 3 nitrogen and oxygen atoms in total. The van der Waals surface area contributed by atoms with Crippen molar-refractivity contribution in [1.82, 2.24) is 10.2 Å². The molecule has 2 atom stereocenters. The fraction of sp³-hybridized carbons (Fsp3) is 0.909. The summed E-state index contributed by atoms with van der Waals surface area (Å²) in [6, 6.07) is 0.0555. The summed E-state index contributed by atoms with van der Waals surface area (Å²) in [6.45, 7) is 6.12. The molecule has 0 spiro atoms. The molecule has 1 saturated heterocycles. The average molecular weight is 198 g/mol. The fourth-order valence-corrected chi connectivity index (χ4v) is 2.21. The second kappa shape index (κ2) is 4.89. The van der Waals surface area contributed by atoms with Crippen LogP contribution < -0.4 is 5.32 Å². The molecular formula is C11H22N2O. The molecular weight excluding hydrogens is 176 g/mol. The van der Waals surface area contributed by atoms with E-state index in [0.717, 1.165) is 19.5 Å². The largest absolute Gasteiger partial charge is 0.310 e. The third-order valence-corrected chi connectivity index (χ3v) is 3.09. The highest BCUT2D eigenvalue weighted by Crippen LogP contribution is 2.20. The Morgan fingerprint density at radius 2 is 2.14 bits per heavy atom. The van der Waals surface area contributed by atoms with Crippen LogP contribution >= 0.6 is 0 Å². The number of rotatable bonds is 4. The monoisotopic (exact) mass is 198 g/mol. The second-order valence-electron chi connectivity index (χ2n) is 4.63. The summed E-state index contributed by atoms with van der Waals surface area (Å²) in [7, 11) is 4.01. The first-order valence-electron chi connectivity index (χ1n) is 5.45. The normalized spacial score (nSPS) is 25.6. The molecule has 0 saturated carbocycles. The summed E-state index contributed by atoms with van der Waals surface area (Å²) in [5.74, 6) is 0.992. The highest BCUT2D eigenvalue weighted by atomic mass is 16.1. The molecule has 82 valence electrons. The second-order valence-corrected chi connectivity index (χ2v) is 4.63. The van der Waals surface area contributed by atoms with E-state index in [1.165, 1.54) is 0 Å². The van der Waals surface area contributed by atoms with Crippen molar-refractivity contribution in [2.45, 2.75) is 26.3 Å². The first-order chi connectivity index (χ1) is 6.56. The van der Waals surface area contributed by atoms with Gasteiger partial charge < -0.3 is 10.2 Å². The van der Waals surface area contributed by atoms with E-state index in [2.05, 4.69) is 17.3 Å². The van der Waals surface area contributed by atoms with Gasteiger partial charge >= 0.3 is 0 Å². The quantitative estimate of drug-likeness (QED) is 0.723. The van der Waals surface area contributed by atoms with Gasteiger partial charge in [0.15, 0.2) is 5.78 Å². The van der Waals surface area contributed by atoms with Crippen molar-refractivity contribution in [3.63, 3.8) is 0 Å². The standard InChI is InChI=1S/C11H22N2O/c1-8(2)11(14)10(12-3)9-5-6-13(4)7-9/h8-10,12H,5-7H2,1-4H3. The van der Waals surface area contributed by atoms with Crippen LogP contribution in [-0.2, 0) is 4.79 Å². The van der Waals surface area contributed by atoms with Crippen molar-refractivity contribution >= 4 is 5.78 Å². The van der Waals surface area contributed by atoms with Gasteiger partial charge in [0, 0.05) is 12.5 Å². The lowest BCUT2D eigenvalue weighted by atomic mass is 9.90. The maximum Gasteiger partial charge on any atom is 0.152 e. The smallest absolute Gasteiger partial charge is 0.152 e. The predicted molar refractivity (Wildman–Crippen MR) is 58.3 cm³/mol. The first kappa shape index (κ1) is 11.7. The van der Waals surface area contributed by atoms with Gasteiger partial charge in [-0.15, -0.1) is 0 Å². The van der Waals surface area contributed by atoms with E-state index in [1.807, 2.05) is 20.9 Å². The van der Waals surface area contributed by atoms with E-state index in [-0.39, 0.29) is 12.0 Å².